The summed E-state index contributed by atoms with van der Waals surface area (Å²) < 4.78 is 65.4. The average Bonchev–Trinajstić information content (AvgIpc) is 3.28. The third kappa shape index (κ3) is 34.8. The first-order valence-electron chi connectivity index (χ1n) is 24.6. The highest BCUT2D eigenvalue weighted by Gasteiger charge is 2.56. The van der Waals surface area contributed by atoms with Gasteiger partial charge in [-0.25, -0.2) is 13.7 Å². The molecule has 0 aromatic heterocycles. The van der Waals surface area contributed by atoms with E-state index >= 15 is 0 Å². The molecule has 5 unspecified atom stereocenters. The molecule has 19 nitrogen and oxygen atoms in total. The summed E-state index contributed by atoms with van der Waals surface area (Å²) in [6.07, 6.45) is 26.7. The highest BCUT2D eigenvalue weighted by molar-refractivity contribution is 7.47. The number of esters is 2. The first kappa shape index (κ1) is 64.9. The van der Waals surface area contributed by atoms with Crippen LogP contribution in [0.4, 0.5) is 0 Å². The Morgan fingerprint density at radius 3 is 1.38 bits per heavy atom. The molecule has 1 saturated carbocycles. The second-order valence-corrected chi connectivity index (χ2v) is 20.8. The minimum Gasteiger partial charge on any atom is -0.462 e. The fourth-order valence-corrected chi connectivity index (χ4v) is 9.19. The summed E-state index contributed by atoms with van der Waals surface area (Å²) in [6.45, 7) is 2.86. The zero-order chi connectivity index (χ0) is 51.4. The average molecular weight is 1050 g/mol. The maximum Gasteiger partial charge on any atom is 0.472 e. The zero-order valence-corrected chi connectivity index (χ0v) is 43.3. The van der Waals surface area contributed by atoms with Gasteiger partial charge in [0.2, 0.25) is 0 Å². The maximum absolute atomic E-state index is 13.1. The molecule has 1 fully saturated rings. The third-order valence-electron chi connectivity index (χ3n) is 10.8. The van der Waals surface area contributed by atoms with Crippen molar-refractivity contribution in [1.29, 1.82) is 0 Å². The van der Waals surface area contributed by atoms with Gasteiger partial charge in [0.1, 0.15) is 43.2 Å². The van der Waals surface area contributed by atoms with Crippen LogP contribution >= 0.6 is 23.5 Å². The molecule has 0 saturated heterocycles. The molecule has 0 aromatic rings. The van der Waals surface area contributed by atoms with Gasteiger partial charge in [-0.1, -0.05) is 139 Å². The van der Waals surface area contributed by atoms with Crippen LogP contribution in [0, 0.1) is 0 Å². The van der Waals surface area contributed by atoms with E-state index in [-0.39, 0.29) is 12.8 Å². The molecule has 22 heteroatoms. The van der Waals surface area contributed by atoms with Crippen molar-refractivity contribution in [1.82, 2.24) is 0 Å². The van der Waals surface area contributed by atoms with Gasteiger partial charge in [0.25, 0.3) is 0 Å². The van der Waals surface area contributed by atoms with Crippen LogP contribution in [0.15, 0.2) is 60.8 Å². The molecule has 1 aliphatic rings. The fourth-order valence-electron chi connectivity index (χ4n) is 7.10. The van der Waals surface area contributed by atoms with Crippen molar-refractivity contribution in [2.75, 3.05) is 13.2 Å². The molecule has 1 aliphatic carbocycles. The Hall–Kier alpha value is -2.15. The lowest BCUT2D eigenvalue weighted by atomic mass is 9.85. The largest absolute Gasteiger partial charge is 0.472 e. The summed E-state index contributed by atoms with van der Waals surface area (Å²) in [5.41, 5.74) is 0. The van der Waals surface area contributed by atoms with Gasteiger partial charge >= 0.3 is 35.4 Å². The van der Waals surface area contributed by atoms with Gasteiger partial charge in [0.05, 0.1) is 6.61 Å². The SMILES string of the molecule is CCCCCC=CCC=CCC=CCC=CCCCC(=O)OC[C@H](COP(=O)(O)O[C@H]1C(O)C(O)C(OP(=O)(O)O)[C@@H](OP(=O)(O)O)C1O)OC(=O)CCCCCCCC=CCCCCCCCC. The molecule has 1 rings (SSSR count). The van der Waals surface area contributed by atoms with Crippen molar-refractivity contribution in [3.8, 4) is 0 Å². The van der Waals surface area contributed by atoms with Gasteiger partial charge in [0.15, 0.2) is 6.10 Å². The number of phosphoric acid groups is 3. The molecule has 0 aromatic carbocycles. The van der Waals surface area contributed by atoms with E-state index < -0.39 is 91.3 Å². The predicted octanol–water partition coefficient (Wildman–Crippen LogP) is 9.18. The number of ether oxygens (including phenoxy) is 2. The number of hydrogen-bond acceptors (Lipinski definition) is 14. The van der Waals surface area contributed by atoms with E-state index in [0.29, 0.717) is 19.3 Å². The number of phosphoric ester groups is 3. The number of unbranched alkanes of at least 4 members (excludes halogenated alkanes) is 15. The number of carbonyl (C=O) groups is 2. The van der Waals surface area contributed by atoms with Crippen molar-refractivity contribution >= 4 is 35.4 Å². The Morgan fingerprint density at radius 1 is 0.464 bits per heavy atom. The summed E-state index contributed by atoms with van der Waals surface area (Å²) >= 11 is 0. The lowest BCUT2D eigenvalue weighted by molar-refractivity contribution is -0.213. The van der Waals surface area contributed by atoms with E-state index in [0.717, 1.165) is 64.2 Å². The second-order valence-electron chi connectivity index (χ2n) is 17.0. The monoisotopic (exact) mass is 1040 g/mol. The van der Waals surface area contributed by atoms with Crippen molar-refractivity contribution in [3.63, 3.8) is 0 Å². The summed E-state index contributed by atoms with van der Waals surface area (Å²) in [7, 11) is -16.6. The third-order valence-corrected chi connectivity index (χ3v) is 12.8. The van der Waals surface area contributed by atoms with Crippen molar-refractivity contribution < 1.29 is 90.6 Å². The zero-order valence-electron chi connectivity index (χ0n) is 40.6. The van der Waals surface area contributed by atoms with Gasteiger partial charge in [-0.15, -0.1) is 0 Å². The summed E-state index contributed by atoms with van der Waals surface area (Å²) in [6, 6.07) is 0. The smallest absolute Gasteiger partial charge is 0.462 e. The van der Waals surface area contributed by atoms with Crippen LogP contribution in [0.2, 0.25) is 0 Å². The molecular weight excluding hydrogens is 961 g/mol. The molecule has 0 spiro atoms. The summed E-state index contributed by atoms with van der Waals surface area (Å²) in [4.78, 5) is 73.2. The summed E-state index contributed by atoms with van der Waals surface area (Å²) in [5.74, 6) is -1.38. The van der Waals surface area contributed by atoms with Crippen molar-refractivity contribution in [3.05, 3.63) is 60.8 Å². The van der Waals surface area contributed by atoms with Crippen LogP contribution in [0.3, 0.4) is 0 Å². The molecular formula is C47H83O19P3. The number of carbonyl (C=O) groups excluding carboxylic acids is 2. The minimum absolute atomic E-state index is 0.000423. The normalized spacial score (nSPS) is 21.8. The van der Waals surface area contributed by atoms with Gasteiger partial charge in [-0.2, -0.15) is 0 Å². The number of aliphatic hydroxyl groups excluding tert-OH is 3. The topological polar surface area (TPSA) is 303 Å². The van der Waals surface area contributed by atoms with Gasteiger partial charge in [-0.05, 0) is 77.0 Å². The van der Waals surface area contributed by atoms with Crippen LogP contribution in [-0.2, 0) is 50.9 Å². The quantitative estimate of drug-likeness (QED) is 0.0122. The number of allylic oxidation sites excluding steroid dienone is 10. The van der Waals surface area contributed by atoms with Crippen molar-refractivity contribution in [2.24, 2.45) is 0 Å². The second kappa shape index (κ2) is 38.5. The highest BCUT2D eigenvalue weighted by atomic mass is 31.2. The van der Waals surface area contributed by atoms with E-state index in [1.54, 1.807) is 0 Å². The molecule has 400 valence electrons. The van der Waals surface area contributed by atoms with Crippen molar-refractivity contribution in [2.45, 2.75) is 211 Å². The molecule has 69 heavy (non-hydrogen) atoms. The first-order chi connectivity index (χ1) is 32.8. The molecule has 8 N–H and O–H groups in total. The van der Waals surface area contributed by atoms with E-state index in [9.17, 15) is 63.1 Å². The van der Waals surface area contributed by atoms with Crippen LogP contribution in [0.25, 0.3) is 0 Å². The minimum atomic E-state index is -5.61. The van der Waals surface area contributed by atoms with Crippen LogP contribution in [0.1, 0.15) is 168 Å². The standard InChI is InChI=1S/C47H83O19P3/c1-3-5-7-9-11-13-15-17-19-20-22-23-25-27-29-31-33-35-40(48)61-37-39(63-41(49)36-34-32-30-28-26-24-21-18-16-14-12-10-8-6-4-2)38-62-69(59,60)66-45-42(50)43(51)46(64-67(53,54)55)47(44(45)52)65-68(56,57)58/h11,13,17-19,21-23,27,29,39,42-47,50-52H,3-10,12,14-16,20,24-26,28,30-38H2,1-2H3,(H,59,60)(H2,53,54,55)(H2,56,57,58)/t39-,42?,43?,44?,45+,46?,47+/m1/s1. The molecule has 8 atom stereocenters. The number of hydrogen-bond donors (Lipinski definition) is 8. The molecule has 0 radical (unpaired) electrons. The predicted molar refractivity (Wildman–Crippen MR) is 261 cm³/mol. The van der Waals surface area contributed by atoms with Gasteiger partial charge < -0.3 is 49.3 Å². The Morgan fingerprint density at radius 2 is 0.855 bits per heavy atom. The lowest BCUT2D eigenvalue weighted by Gasteiger charge is -2.44. The lowest BCUT2D eigenvalue weighted by Crippen LogP contribution is -2.65. The van der Waals surface area contributed by atoms with E-state index in [4.69, 9.17) is 18.5 Å². The molecule has 0 bridgehead atoms. The number of rotatable bonds is 41. The Kier molecular flexibility index (Phi) is 36.2. The Labute approximate surface area is 409 Å². The molecule has 0 heterocycles. The fraction of sp³-hybridized carbons (Fsp3) is 0.745. The first-order valence-corrected chi connectivity index (χ1v) is 29.1. The van der Waals surface area contributed by atoms with E-state index in [1.807, 2.05) is 18.2 Å². The van der Waals surface area contributed by atoms with Crippen LogP contribution in [-0.4, -0.2) is 108 Å². The molecule has 0 amide bonds. The maximum atomic E-state index is 13.1. The van der Waals surface area contributed by atoms with E-state index in [2.05, 4.69) is 65.4 Å². The summed E-state index contributed by atoms with van der Waals surface area (Å²) in [5, 5.41) is 31.9. The number of aliphatic hydroxyl groups is 3. The molecule has 0 aliphatic heterocycles. The Bertz CT molecular complexity index is 1670. The van der Waals surface area contributed by atoms with Crippen LogP contribution in [0.5, 0.6) is 0 Å². The van der Waals surface area contributed by atoms with Gasteiger partial charge in [0, 0.05) is 12.8 Å². The van der Waals surface area contributed by atoms with E-state index in [1.165, 1.54) is 57.8 Å². The Balaban J connectivity index is 2.76. The van der Waals surface area contributed by atoms with Gasteiger partial charge in [-0.3, -0.25) is 27.7 Å². The van der Waals surface area contributed by atoms with Crippen LogP contribution < -0.4 is 0 Å². The highest BCUT2D eigenvalue weighted by Crippen LogP contribution is 2.51.